The third-order valence-electron chi connectivity index (χ3n) is 4.37. The molecule has 1 aromatic heterocycles. The molecule has 0 atom stereocenters. The van der Waals surface area contributed by atoms with Gasteiger partial charge in [-0.1, -0.05) is 18.5 Å². The maximum atomic E-state index is 12.7. The summed E-state index contributed by atoms with van der Waals surface area (Å²) in [5.74, 6) is 0.129. The molecule has 0 unspecified atom stereocenters. The fourth-order valence-corrected chi connectivity index (χ4v) is 4.16. The second-order valence-electron chi connectivity index (χ2n) is 6.14. The largest absolute Gasteiger partial charge is 0.497 e. The number of amides is 1. The molecule has 150 valence electrons. The minimum atomic E-state index is -0.625. The Morgan fingerprint density at radius 1 is 1.28 bits per heavy atom. The van der Waals surface area contributed by atoms with Crippen molar-refractivity contribution < 1.29 is 14.5 Å². The van der Waals surface area contributed by atoms with Gasteiger partial charge in [-0.3, -0.25) is 14.9 Å². The molecule has 1 heterocycles. The lowest BCUT2D eigenvalue weighted by molar-refractivity contribution is -0.384. The van der Waals surface area contributed by atoms with E-state index >= 15 is 0 Å². The van der Waals surface area contributed by atoms with Crippen LogP contribution in [0.1, 0.15) is 22.2 Å². The van der Waals surface area contributed by atoms with Crippen molar-refractivity contribution >= 4 is 34.5 Å². The van der Waals surface area contributed by atoms with E-state index in [1.54, 1.807) is 7.11 Å². The number of non-ortho nitro benzene ring substituents is 1. The number of thiazole rings is 1. The van der Waals surface area contributed by atoms with Gasteiger partial charge in [0.05, 0.1) is 28.3 Å². The predicted molar refractivity (Wildman–Crippen MR) is 113 cm³/mol. The van der Waals surface area contributed by atoms with Gasteiger partial charge in [-0.05, 0) is 42.3 Å². The number of halogens is 1. The summed E-state index contributed by atoms with van der Waals surface area (Å²) in [7, 11) is 3.44. The summed E-state index contributed by atoms with van der Waals surface area (Å²) < 4.78 is 7.05. The van der Waals surface area contributed by atoms with Crippen molar-refractivity contribution in [2.75, 3.05) is 7.11 Å². The van der Waals surface area contributed by atoms with Crippen LogP contribution in [0.2, 0.25) is 5.02 Å². The number of nitrogens with zero attached hydrogens (tertiary/aromatic N) is 3. The molecular weight excluding hydrogens is 414 g/mol. The SMILES string of the molecule is CCc1sc(=NC(=O)c2cc([N+](=O)[O-])ccc2Cl)n(C)c1-c1ccc(OC)cc1. The zero-order valence-corrected chi connectivity index (χ0v) is 17.6. The predicted octanol–water partition coefficient (Wildman–Crippen LogP) is 4.63. The molecule has 29 heavy (non-hydrogen) atoms. The van der Waals surface area contributed by atoms with Crippen LogP contribution in [0.4, 0.5) is 5.69 Å². The first-order valence-corrected chi connectivity index (χ1v) is 9.91. The summed E-state index contributed by atoms with van der Waals surface area (Å²) in [6, 6.07) is 11.4. The smallest absolute Gasteiger partial charge is 0.281 e. The summed E-state index contributed by atoms with van der Waals surface area (Å²) in [4.78, 5) is 28.9. The minimum absolute atomic E-state index is 0.00156. The number of carbonyl (C=O) groups is 1. The van der Waals surface area contributed by atoms with Crippen LogP contribution >= 0.6 is 22.9 Å². The maximum Gasteiger partial charge on any atom is 0.281 e. The third kappa shape index (κ3) is 4.23. The Morgan fingerprint density at radius 2 is 1.97 bits per heavy atom. The number of nitro benzene ring substituents is 1. The normalized spacial score (nSPS) is 11.5. The van der Waals surface area contributed by atoms with Crippen molar-refractivity contribution in [2.45, 2.75) is 13.3 Å². The Morgan fingerprint density at radius 3 is 2.55 bits per heavy atom. The van der Waals surface area contributed by atoms with Gasteiger partial charge >= 0.3 is 0 Å². The van der Waals surface area contributed by atoms with Crippen LogP contribution < -0.4 is 9.54 Å². The van der Waals surface area contributed by atoms with Gasteiger partial charge in [0.25, 0.3) is 11.6 Å². The molecule has 9 heteroatoms. The van der Waals surface area contributed by atoms with E-state index in [9.17, 15) is 14.9 Å². The summed E-state index contributed by atoms with van der Waals surface area (Å²) in [6.07, 6.45) is 0.765. The van der Waals surface area contributed by atoms with Gasteiger partial charge in [-0.25, -0.2) is 0 Å². The second kappa shape index (κ2) is 8.59. The number of hydrogen-bond donors (Lipinski definition) is 0. The molecule has 2 aromatic carbocycles. The van der Waals surface area contributed by atoms with Gasteiger partial charge in [0, 0.05) is 24.1 Å². The van der Waals surface area contributed by atoms with Crippen molar-refractivity contribution in [3.05, 3.63) is 72.8 Å². The number of benzene rings is 2. The zero-order chi connectivity index (χ0) is 21.1. The second-order valence-corrected chi connectivity index (χ2v) is 7.60. The lowest BCUT2D eigenvalue weighted by Crippen LogP contribution is -2.14. The van der Waals surface area contributed by atoms with Crippen molar-refractivity contribution in [1.29, 1.82) is 0 Å². The van der Waals surface area contributed by atoms with Crippen LogP contribution in [-0.2, 0) is 13.5 Å². The van der Waals surface area contributed by atoms with Crippen LogP contribution in [0.5, 0.6) is 5.75 Å². The summed E-state index contributed by atoms with van der Waals surface area (Å²) >= 11 is 7.47. The fourth-order valence-electron chi connectivity index (χ4n) is 2.89. The number of carbonyl (C=O) groups excluding carboxylic acids is 1. The molecule has 0 saturated carbocycles. The van der Waals surface area contributed by atoms with Crippen molar-refractivity contribution in [3.8, 4) is 17.0 Å². The molecule has 0 fully saturated rings. The topological polar surface area (TPSA) is 86.7 Å². The van der Waals surface area contributed by atoms with Crippen molar-refractivity contribution in [3.63, 3.8) is 0 Å². The standard InChI is InChI=1S/C20H18ClN3O4S/c1-4-17-18(12-5-8-14(28-3)9-6-12)23(2)20(29-17)22-19(25)15-11-13(24(26)27)7-10-16(15)21/h5-11H,4H2,1-3H3. The monoisotopic (exact) mass is 431 g/mol. The van der Waals surface area contributed by atoms with E-state index in [2.05, 4.69) is 4.99 Å². The first-order valence-electron chi connectivity index (χ1n) is 8.71. The number of aryl methyl sites for hydroxylation is 1. The van der Waals surface area contributed by atoms with Gasteiger partial charge in [-0.15, -0.1) is 11.3 Å². The third-order valence-corrected chi connectivity index (χ3v) is 5.98. The Labute approximate surface area is 176 Å². The van der Waals surface area contributed by atoms with Crippen LogP contribution in [0.3, 0.4) is 0 Å². The van der Waals surface area contributed by atoms with Gasteiger partial charge in [0.2, 0.25) is 0 Å². The van der Waals surface area contributed by atoms with E-state index in [1.807, 2.05) is 42.8 Å². The van der Waals surface area contributed by atoms with Crippen molar-refractivity contribution in [1.82, 2.24) is 4.57 Å². The molecular formula is C20H18ClN3O4S. The van der Waals surface area contributed by atoms with Gasteiger partial charge in [0.15, 0.2) is 4.80 Å². The Bertz CT molecular complexity index is 1150. The fraction of sp³-hybridized carbons (Fsp3) is 0.200. The molecule has 0 aliphatic heterocycles. The van der Waals surface area contributed by atoms with E-state index in [4.69, 9.17) is 16.3 Å². The average molecular weight is 432 g/mol. The maximum absolute atomic E-state index is 12.7. The van der Waals surface area contributed by atoms with E-state index in [0.29, 0.717) is 4.80 Å². The Hall–Kier alpha value is -2.97. The molecule has 3 rings (SSSR count). The van der Waals surface area contributed by atoms with Crippen molar-refractivity contribution in [2.24, 2.45) is 12.0 Å². The van der Waals surface area contributed by atoms with Crippen LogP contribution in [0.25, 0.3) is 11.3 Å². The number of aromatic nitrogens is 1. The molecule has 7 nitrogen and oxygen atoms in total. The van der Waals surface area contributed by atoms with E-state index in [0.717, 1.165) is 34.4 Å². The highest BCUT2D eigenvalue weighted by Crippen LogP contribution is 2.28. The molecule has 0 bridgehead atoms. The number of hydrogen-bond acceptors (Lipinski definition) is 5. The molecule has 0 aliphatic carbocycles. The molecule has 0 spiro atoms. The van der Waals surface area contributed by atoms with Gasteiger partial charge in [-0.2, -0.15) is 4.99 Å². The minimum Gasteiger partial charge on any atom is -0.497 e. The number of rotatable bonds is 5. The summed E-state index contributed by atoms with van der Waals surface area (Å²) in [6.45, 7) is 2.03. The van der Waals surface area contributed by atoms with Gasteiger partial charge in [0.1, 0.15) is 5.75 Å². The number of nitro groups is 1. The summed E-state index contributed by atoms with van der Waals surface area (Å²) in [5, 5.41) is 11.1. The lowest BCUT2D eigenvalue weighted by atomic mass is 10.1. The quantitative estimate of drug-likeness (QED) is 0.435. The van der Waals surface area contributed by atoms with Crippen LogP contribution in [0, 0.1) is 10.1 Å². The first kappa shape index (κ1) is 20.8. The highest BCUT2D eigenvalue weighted by Gasteiger charge is 2.17. The van der Waals surface area contributed by atoms with Gasteiger partial charge < -0.3 is 9.30 Å². The molecule has 0 radical (unpaired) electrons. The van der Waals surface area contributed by atoms with E-state index in [1.165, 1.54) is 23.5 Å². The highest BCUT2D eigenvalue weighted by atomic mass is 35.5. The zero-order valence-electron chi connectivity index (χ0n) is 16.0. The Balaban J connectivity index is 2.08. The highest BCUT2D eigenvalue weighted by molar-refractivity contribution is 7.09. The molecule has 3 aromatic rings. The lowest BCUT2D eigenvalue weighted by Gasteiger charge is -2.07. The molecule has 0 saturated heterocycles. The Kier molecular flexibility index (Phi) is 6.14. The molecule has 1 amide bonds. The number of ether oxygens (including phenoxy) is 1. The van der Waals surface area contributed by atoms with E-state index in [-0.39, 0.29) is 16.3 Å². The average Bonchev–Trinajstić information content (AvgIpc) is 3.03. The van der Waals surface area contributed by atoms with Crippen LogP contribution in [0.15, 0.2) is 47.5 Å². The molecule has 0 N–H and O–H groups in total. The van der Waals surface area contributed by atoms with E-state index < -0.39 is 10.8 Å². The first-order chi connectivity index (χ1) is 13.8. The summed E-state index contributed by atoms with van der Waals surface area (Å²) in [5.41, 5.74) is 1.72. The number of methoxy groups -OCH3 is 1. The molecule has 0 aliphatic rings. The van der Waals surface area contributed by atoms with Crippen LogP contribution in [-0.4, -0.2) is 22.5 Å².